The largest absolute Gasteiger partial charge is 0.494 e. The minimum atomic E-state index is -4.03. The fourth-order valence-electron chi connectivity index (χ4n) is 3.75. The van der Waals surface area contributed by atoms with E-state index in [0.717, 1.165) is 14.3 Å². The first-order valence-electron chi connectivity index (χ1n) is 11.5. The second-order valence-electron chi connectivity index (χ2n) is 8.08. The van der Waals surface area contributed by atoms with E-state index in [4.69, 9.17) is 14.2 Å². The maximum atomic E-state index is 13.6. The monoisotopic (exact) mass is 574 g/mol. The topological polar surface area (TPSA) is 94.2 Å². The molecule has 1 atom stereocenters. The van der Waals surface area contributed by atoms with Gasteiger partial charge in [0.2, 0.25) is 5.91 Å². The molecule has 1 aliphatic heterocycles. The number of halogens is 1. The van der Waals surface area contributed by atoms with E-state index >= 15 is 0 Å². The Morgan fingerprint density at radius 2 is 1.69 bits per heavy atom. The Hall–Kier alpha value is -3.24. The van der Waals surface area contributed by atoms with Crippen LogP contribution in [0.4, 0.5) is 5.69 Å². The second-order valence-corrected chi connectivity index (χ2v) is 10.9. The molecule has 4 rings (SSSR count). The summed E-state index contributed by atoms with van der Waals surface area (Å²) in [5.41, 5.74) is 1.17. The van der Waals surface area contributed by atoms with Crippen LogP contribution in [0.15, 0.2) is 76.1 Å². The quantitative estimate of drug-likeness (QED) is 0.398. The van der Waals surface area contributed by atoms with Gasteiger partial charge in [-0.2, -0.15) is 0 Å². The molecule has 0 saturated heterocycles. The minimum absolute atomic E-state index is 0.0762. The van der Waals surface area contributed by atoms with Crippen molar-refractivity contribution in [3.05, 3.63) is 76.8 Å². The predicted molar refractivity (Wildman–Crippen MR) is 140 cm³/mol. The molecule has 0 aromatic heterocycles. The highest BCUT2D eigenvalue weighted by Gasteiger charge is 2.28. The van der Waals surface area contributed by atoms with Crippen molar-refractivity contribution in [2.45, 2.75) is 24.8 Å². The molecule has 190 valence electrons. The highest BCUT2D eigenvalue weighted by atomic mass is 79.9. The van der Waals surface area contributed by atoms with Gasteiger partial charge in [0.25, 0.3) is 10.0 Å². The van der Waals surface area contributed by atoms with Crippen LogP contribution in [0, 0.1) is 0 Å². The van der Waals surface area contributed by atoms with Crippen LogP contribution in [0.2, 0.25) is 0 Å². The SMILES string of the molecule is CCOc1ccc(N(CC(=O)NC(C)c2ccc3c(c2)OCCO3)S(=O)(=O)c2ccc(Br)cc2)cc1. The Bertz CT molecular complexity index is 1310. The van der Waals surface area contributed by atoms with Crippen molar-refractivity contribution in [3.63, 3.8) is 0 Å². The number of nitrogens with one attached hydrogen (secondary N) is 1. The number of anilines is 1. The maximum absolute atomic E-state index is 13.6. The third kappa shape index (κ3) is 5.93. The fourth-order valence-corrected chi connectivity index (χ4v) is 5.44. The van der Waals surface area contributed by atoms with E-state index in [1.165, 1.54) is 12.1 Å². The molecule has 0 saturated carbocycles. The summed E-state index contributed by atoms with van der Waals surface area (Å²) in [4.78, 5) is 13.2. The third-order valence-corrected chi connectivity index (χ3v) is 7.89. The fraction of sp³-hybridized carbons (Fsp3) is 0.269. The van der Waals surface area contributed by atoms with Crippen LogP contribution < -0.4 is 23.8 Å². The van der Waals surface area contributed by atoms with Crippen molar-refractivity contribution < 1.29 is 27.4 Å². The number of carbonyl (C=O) groups is 1. The predicted octanol–water partition coefficient (Wildman–Crippen LogP) is 4.69. The summed E-state index contributed by atoms with van der Waals surface area (Å²) < 4.78 is 45.7. The summed E-state index contributed by atoms with van der Waals surface area (Å²) in [7, 11) is -4.03. The summed E-state index contributed by atoms with van der Waals surface area (Å²) in [5.74, 6) is 1.44. The molecule has 0 bridgehead atoms. The van der Waals surface area contributed by atoms with E-state index in [-0.39, 0.29) is 10.9 Å². The maximum Gasteiger partial charge on any atom is 0.264 e. The number of ether oxygens (including phenoxy) is 3. The van der Waals surface area contributed by atoms with Gasteiger partial charge in [0, 0.05) is 4.47 Å². The van der Waals surface area contributed by atoms with Gasteiger partial charge in [-0.05, 0) is 80.1 Å². The number of fused-ring (bicyclic) bond motifs is 1. The number of carbonyl (C=O) groups excluding carboxylic acids is 1. The molecule has 8 nitrogen and oxygen atoms in total. The van der Waals surface area contributed by atoms with Gasteiger partial charge in [-0.3, -0.25) is 9.10 Å². The molecule has 1 amide bonds. The van der Waals surface area contributed by atoms with Crippen LogP contribution >= 0.6 is 15.9 Å². The van der Waals surface area contributed by atoms with Gasteiger partial charge in [0.05, 0.1) is 23.2 Å². The van der Waals surface area contributed by atoms with Gasteiger partial charge in [0.1, 0.15) is 25.5 Å². The van der Waals surface area contributed by atoms with Crippen LogP contribution in [-0.2, 0) is 14.8 Å². The molecular weight excluding hydrogens is 548 g/mol. The van der Waals surface area contributed by atoms with Gasteiger partial charge in [-0.25, -0.2) is 8.42 Å². The molecular formula is C26H27BrN2O6S. The lowest BCUT2D eigenvalue weighted by atomic mass is 10.1. The summed E-state index contributed by atoms with van der Waals surface area (Å²) in [5, 5.41) is 2.89. The molecule has 1 heterocycles. The number of rotatable bonds is 9. The molecule has 10 heteroatoms. The van der Waals surface area contributed by atoms with E-state index in [9.17, 15) is 13.2 Å². The Balaban J connectivity index is 1.57. The molecule has 1 N–H and O–H groups in total. The minimum Gasteiger partial charge on any atom is -0.494 e. The van der Waals surface area contributed by atoms with Crippen LogP contribution in [0.25, 0.3) is 0 Å². The Morgan fingerprint density at radius 1 is 1.03 bits per heavy atom. The van der Waals surface area contributed by atoms with Crippen LogP contribution in [0.1, 0.15) is 25.5 Å². The number of hydrogen-bond acceptors (Lipinski definition) is 6. The van der Waals surface area contributed by atoms with Crippen molar-refractivity contribution in [2.75, 3.05) is 30.7 Å². The van der Waals surface area contributed by atoms with E-state index in [2.05, 4.69) is 21.2 Å². The number of nitrogens with zero attached hydrogens (tertiary/aromatic N) is 1. The number of amides is 1. The van der Waals surface area contributed by atoms with Crippen molar-refractivity contribution in [1.29, 1.82) is 0 Å². The first-order valence-corrected chi connectivity index (χ1v) is 13.7. The Kier molecular flexibility index (Phi) is 8.05. The van der Waals surface area contributed by atoms with Crippen LogP contribution in [0.5, 0.6) is 17.2 Å². The van der Waals surface area contributed by atoms with E-state index < -0.39 is 22.5 Å². The zero-order chi connectivity index (χ0) is 25.7. The Labute approximate surface area is 219 Å². The lowest BCUT2D eigenvalue weighted by Crippen LogP contribution is -2.41. The number of sulfonamides is 1. The van der Waals surface area contributed by atoms with Gasteiger partial charge in [-0.1, -0.05) is 22.0 Å². The van der Waals surface area contributed by atoms with E-state index in [1.54, 1.807) is 42.5 Å². The smallest absolute Gasteiger partial charge is 0.264 e. The standard InChI is InChI=1S/C26H27BrN2O6S/c1-3-33-22-9-7-21(8-10-22)29(36(31,32)23-11-5-20(27)6-12-23)17-26(30)28-18(2)19-4-13-24-25(16-19)35-15-14-34-24/h4-13,16,18H,3,14-15,17H2,1-2H3,(H,28,30). The van der Waals surface area contributed by atoms with Crippen molar-refractivity contribution >= 4 is 37.5 Å². The third-order valence-electron chi connectivity index (χ3n) is 5.57. The average Bonchev–Trinajstić information content (AvgIpc) is 2.88. The first-order chi connectivity index (χ1) is 17.3. The van der Waals surface area contributed by atoms with E-state index in [0.29, 0.717) is 42.8 Å². The van der Waals surface area contributed by atoms with Gasteiger partial charge in [-0.15, -0.1) is 0 Å². The normalized spacial score (nSPS) is 13.5. The van der Waals surface area contributed by atoms with Crippen LogP contribution in [-0.4, -0.2) is 40.7 Å². The number of benzene rings is 3. The van der Waals surface area contributed by atoms with Gasteiger partial charge in [0.15, 0.2) is 11.5 Å². The zero-order valence-corrected chi connectivity index (χ0v) is 22.3. The summed E-state index contributed by atoms with van der Waals surface area (Å²) in [6, 6.07) is 18.0. The average molecular weight is 575 g/mol. The van der Waals surface area contributed by atoms with E-state index in [1.807, 2.05) is 26.0 Å². The molecule has 3 aromatic rings. The van der Waals surface area contributed by atoms with Gasteiger partial charge < -0.3 is 19.5 Å². The van der Waals surface area contributed by atoms with Crippen molar-refractivity contribution in [1.82, 2.24) is 5.32 Å². The van der Waals surface area contributed by atoms with Gasteiger partial charge >= 0.3 is 0 Å². The molecule has 0 aliphatic carbocycles. The lowest BCUT2D eigenvalue weighted by molar-refractivity contribution is -0.120. The number of hydrogen-bond donors (Lipinski definition) is 1. The molecule has 0 radical (unpaired) electrons. The summed E-state index contributed by atoms with van der Waals surface area (Å²) in [6.45, 7) is 4.73. The molecule has 0 fully saturated rings. The van der Waals surface area contributed by atoms with Crippen molar-refractivity contribution in [2.24, 2.45) is 0 Å². The molecule has 0 spiro atoms. The highest BCUT2D eigenvalue weighted by molar-refractivity contribution is 9.10. The lowest BCUT2D eigenvalue weighted by Gasteiger charge is -2.26. The zero-order valence-electron chi connectivity index (χ0n) is 19.9. The Morgan fingerprint density at radius 3 is 2.36 bits per heavy atom. The summed E-state index contributed by atoms with van der Waals surface area (Å²) in [6.07, 6.45) is 0. The molecule has 1 aliphatic rings. The molecule has 3 aromatic carbocycles. The first kappa shape index (κ1) is 25.8. The second kappa shape index (κ2) is 11.2. The summed E-state index contributed by atoms with van der Waals surface area (Å²) >= 11 is 3.33. The van der Waals surface area contributed by atoms with Crippen LogP contribution in [0.3, 0.4) is 0 Å². The molecule has 36 heavy (non-hydrogen) atoms. The highest BCUT2D eigenvalue weighted by Crippen LogP contribution is 2.33. The van der Waals surface area contributed by atoms with Crippen molar-refractivity contribution in [3.8, 4) is 17.2 Å². The molecule has 1 unspecified atom stereocenters.